The number of fused-ring (bicyclic) bond motifs is 12. The van der Waals surface area contributed by atoms with Crippen molar-refractivity contribution in [3.63, 3.8) is 0 Å². The van der Waals surface area contributed by atoms with E-state index in [2.05, 4.69) is 221 Å². The summed E-state index contributed by atoms with van der Waals surface area (Å²) in [5, 5.41) is 38.0. The van der Waals surface area contributed by atoms with Crippen LogP contribution in [-0.2, 0) is 0 Å². The maximum absolute atomic E-state index is 9.79. The van der Waals surface area contributed by atoms with Gasteiger partial charge >= 0.3 is 0 Å². The van der Waals surface area contributed by atoms with Crippen LogP contribution in [0.5, 0.6) is 0 Å². The van der Waals surface area contributed by atoms with E-state index < -0.39 is 0 Å². The Morgan fingerprint density at radius 2 is 0.500 bits per heavy atom. The molecular weight excluding hydrogens is 1370 g/mol. The molecule has 0 bridgehead atoms. The van der Waals surface area contributed by atoms with Gasteiger partial charge in [-0.1, -0.05) is 200 Å². The second-order valence-corrected chi connectivity index (χ2v) is 27.5. The van der Waals surface area contributed by atoms with Crippen LogP contribution in [-0.4, -0.2) is 28.2 Å². The van der Waals surface area contributed by atoms with Gasteiger partial charge in [0.2, 0.25) is 0 Å². The largest absolute Gasteiger partial charge is 0.307 e. The molecule has 12 heteroatoms. The molecule has 516 valence electrons. The van der Waals surface area contributed by atoms with Gasteiger partial charge in [0.05, 0.1) is 146 Å². The lowest BCUT2D eigenvalue weighted by molar-refractivity contribution is 1.09. The van der Waals surface area contributed by atoms with Crippen LogP contribution in [0.25, 0.3) is 191 Å². The SMILES string of the molecule is [C-]#[N+]c1cccc(-c2ccc3c(c2)c2ccccc2n3-c2cncc(-n3c4ccccc4c4cc(-c5cccc([N+]#[C-])c5)ccc43)c2-c2ccc(C#N)cc2)c1.[C-]#[N+]c1cccc(-c2ccc3c4ccccc4n(-c4cncc(-n5c6ccccc6c6ccc(-c7cccc(C#N)c7)cc65)c4-c4ccc(C#N)cc4)c3c2)c1. The molecular formula is C100H56N12. The molecule has 0 saturated heterocycles. The molecule has 0 unspecified atom stereocenters. The number of nitriles is 3. The van der Waals surface area contributed by atoms with Gasteiger partial charge in [0.1, 0.15) is 0 Å². The van der Waals surface area contributed by atoms with Gasteiger partial charge in [-0.15, -0.1) is 0 Å². The van der Waals surface area contributed by atoms with Crippen molar-refractivity contribution in [2.45, 2.75) is 0 Å². The first kappa shape index (κ1) is 66.2. The van der Waals surface area contributed by atoms with Crippen LogP contribution in [0.3, 0.4) is 0 Å². The number of hydrogen-bond acceptors (Lipinski definition) is 5. The number of benzene rings is 14. The van der Waals surface area contributed by atoms with Crippen molar-refractivity contribution in [3.8, 4) is 108 Å². The molecule has 112 heavy (non-hydrogen) atoms. The first-order chi connectivity index (χ1) is 55.3. The highest BCUT2D eigenvalue weighted by molar-refractivity contribution is 6.16. The standard InChI is InChI=1S/2C50H28N6/c1-52-38-11-7-9-34(25-38)36-21-23-46-42(27-36)40-13-3-5-15-44(40)55(46)48-30-54-31-49(50(48)33-19-17-32(29-51)18-20-33)56-45-16-6-4-14-41(45)43-28-37(22-24-47(43)56)35-10-8-12-39(26-35)53-2;1-53-39-11-7-10-36(25-39)38-21-23-43-41-13-3-5-15-45(41)56(47(43)27-38)49-31-54-30-48(50(49)34-18-16-32(28-51)17-19-34)55-44-14-4-2-12-40(44)42-22-20-37(26-46(42)55)35-9-6-8-33(24-35)29-52/h3-28,30-31H;2-27,30-31H. The molecule has 20 rings (SSSR count). The fourth-order valence-corrected chi connectivity index (χ4v) is 16.2. The van der Waals surface area contributed by atoms with Crippen molar-refractivity contribution in [1.82, 2.24) is 28.2 Å². The average molecular weight is 1430 g/mol. The number of hydrogen-bond donors (Lipinski definition) is 0. The Bertz CT molecular complexity index is 7200. The summed E-state index contributed by atoms with van der Waals surface area (Å²) in [6.45, 7) is 22.7. The van der Waals surface area contributed by atoms with Gasteiger partial charge in [-0.2, -0.15) is 15.8 Å². The number of para-hydroxylation sites is 4. The lowest BCUT2D eigenvalue weighted by Crippen LogP contribution is -2.05. The summed E-state index contributed by atoms with van der Waals surface area (Å²) >= 11 is 0. The zero-order valence-electron chi connectivity index (χ0n) is 59.7. The molecule has 0 aliphatic carbocycles. The second kappa shape index (κ2) is 27.5. The maximum Gasteiger partial charge on any atom is 0.187 e. The van der Waals surface area contributed by atoms with Gasteiger partial charge in [0, 0.05) is 54.2 Å². The van der Waals surface area contributed by atoms with Crippen molar-refractivity contribution in [1.29, 1.82) is 15.8 Å². The van der Waals surface area contributed by atoms with Crippen molar-refractivity contribution in [3.05, 3.63) is 391 Å². The Balaban J connectivity index is 0.000000151. The predicted octanol–water partition coefficient (Wildman–Crippen LogP) is 25.8. The molecule has 14 aromatic carbocycles. The molecule has 0 atom stereocenters. The van der Waals surface area contributed by atoms with Crippen LogP contribution in [0.15, 0.2) is 340 Å². The minimum Gasteiger partial charge on any atom is -0.307 e. The number of pyridine rings is 2. The zero-order chi connectivity index (χ0) is 75.5. The van der Waals surface area contributed by atoms with Gasteiger partial charge in [-0.25, -0.2) is 14.5 Å². The van der Waals surface area contributed by atoms with Gasteiger partial charge in [-0.3, -0.25) is 9.97 Å². The van der Waals surface area contributed by atoms with Crippen molar-refractivity contribution in [2.75, 3.05) is 0 Å². The van der Waals surface area contributed by atoms with Crippen LogP contribution in [0, 0.1) is 53.7 Å². The summed E-state index contributed by atoms with van der Waals surface area (Å²) < 4.78 is 9.18. The van der Waals surface area contributed by atoms with Crippen LogP contribution < -0.4 is 0 Å². The molecule has 0 saturated carbocycles. The Morgan fingerprint density at radius 3 is 0.857 bits per heavy atom. The Morgan fingerprint density at radius 1 is 0.223 bits per heavy atom. The van der Waals surface area contributed by atoms with E-state index in [1.165, 1.54) is 0 Å². The fourth-order valence-electron chi connectivity index (χ4n) is 16.2. The van der Waals surface area contributed by atoms with Crippen molar-refractivity contribution in [2.24, 2.45) is 0 Å². The molecule has 0 radical (unpaired) electrons. The van der Waals surface area contributed by atoms with Crippen LogP contribution >= 0.6 is 0 Å². The molecule has 0 aliphatic heterocycles. The Kier molecular flexibility index (Phi) is 16.2. The van der Waals surface area contributed by atoms with Crippen LogP contribution in [0.4, 0.5) is 17.1 Å². The van der Waals surface area contributed by atoms with Gasteiger partial charge < -0.3 is 18.3 Å². The predicted molar refractivity (Wildman–Crippen MR) is 451 cm³/mol. The van der Waals surface area contributed by atoms with E-state index in [1.807, 2.05) is 170 Å². The summed E-state index contributed by atoms with van der Waals surface area (Å²) in [5.74, 6) is 0. The van der Waals surface area contributed by atoms with E-state index in [9.17, 15) is 15.8 Å². The zero-order valence-corrected chi connectivity index (χ0v) is 59.7. The smallest absolute Gasteiger partial charge is 0.187 e. The van der Waals surface area contributed by atoms with E-state index in [1.54, 1.807) is 0 Å². The summed E-state index contributed by atoms with van der Waals surface area (Å²) in [4.78, 5) is 21.0. The number of nitrogens with zero attached hydrogens (tertiary/aromatic N) is 12. The highest BCUT2D eigenvalue weighted by Gasteiger charge is 2.26. The molecule has 0 aliphatic rings. The number of rotatable bonds is 10. The quantitative estimate of drug-likeness (QED) is 0.126. The fraction of sp³-hybridized carbons (Fsp3) is 0. The van der Waals surface area contributed by atoms with Crippen LogP contribution in [0.2, 0.25) is 0 Å². The third-order valence-corrected chi connectivity index (χ3v) is 21.3. The van der Waals surface area contributed by atoms with E-state index >= 15 is 0 Å². The van der Waals surface area contributed by atoms with E-state index in [-0.39, 0.29) is 0 Å². The lowest BCUT2D eigenvalue weighted by atomic mass is 10.0. The van der Waals surface area contributed by atoms with Gasteiger partial charge in [0.25, 0.3) is 0 Å². The summed E-state index contributed by atoms with van der Waals surface area (Å²) in [7, 11) is 0. The molecule has 0 amide bonds. The van der Waals surface area contributed by atoms with Gasteiger partial charge in [0.15, 0.2) is 17.1 Å². The topological polar surface area (TPSA) is 130 Å². The second-order valence-electron chi connectivity index (χ2n) is 27.5. The Hall–Kier alpha value is -16.5. The first-order valence-electron chi connectivity index (χ1n) is 36.3. The van der Waals surface area contributed by atoms with Crippen molar-refractivity contribution >= 4 is 104 Å². The van der Waals surface area contributed by atoms with Crippen LogP contribution in [0.1, 0.15) is 16.7 Å². The highest BCUT2D eigenvalue weighted by atomic mass is 15.1. The maximum atomic E-state index is 9.79. The van der Waals surface area contributed by atoms with E-state index in [4.69, 9.17) is 29.7 Å². The first-order valence-corrected chi connectivity index (χ1v) is 36.3. The molecule has 0 spiro atoms. The minimum absolute atomic E-state index is 0.579. The Labute approximate surface area is 643 Å². The normalized spacial score (nSPS) is 11.2. The van der Waals surface area contributed by atoms with E-state index in [0.717, 1.165) is 177 Å². The number of aromatic nitrogens is 6. The summed E-state index contributed by atoms with van der Waals surface area (Å²) in [5.41, 5.74) is 27.2. The molecule has 0 N–H and O–H groups in total. The molecule has 0 fully saturated rings. The van der Waals surface area contributed by atoms with Crippen molar-refractivity contribution < 1.29 is 0 Å². The monoisotopic (exact) mass is 1420 g/mol. The molecule has 20 aromatic rings. The average Bonchev–Trinajstić information content (AvgIpc) is 1.53. The minimum atomic E-state index is 0.579. The van der Waals surface area contributed by atoms with Gasteiger partial charge in [-0.05, 0) is 171 Å². The highest BCUT2D eigenvalue weighted by Crippen LogP contribution is 2.47. The third-order valence-electron chi connectivity index (χ3n) is 21.3. The third kappa shape index (κ3) is 11.2. The molecule has 12 nitrogen and oxygen atoms in total. The van der Waals surface area contributed by atoms with E-state index in [0.29, 0.717) is 33.8 Å². The molecule has 6 heterocycles. The summed E-state index contributed by atoms with van der Waals surface area (Å²) in [6.07, 6.45) is 7.74. The molecule has 6 aromatic heterocycles. The summed E-state index contributed by atoms with van der Waals surface area (Å²) in [6, 6.07) is 113. The lowest BCUT2D eigenvalue weighted by Gasteiger charge is -2.20.